The molecule has 2 aromatic heterocycles. The Hall–Kier alpha value is -1.53. The van der Waals surface area contributed by atoms with Gasteiger partial charge in [0.25, 0.3) is 0 Å². The number of nitrogens with zero attached hydrogens (tertiary/aromatic N) is 2. The number of thioether (sulfide) groups is 1. The Kier molecular flexibility index (Phi) is 3.80. The van der Waals surface area contributed by atoms with Crippen molar-refractivity contribution in [1.29, 1.82) is 0 Å². The van der Waals surface area contributed by atoms with Gasteiger partial charge in [0.2, 0.25) is 0 Å². The molecule has 22 heavy (non-hydrogen) atoms. The lowest BCUT2D eigenvalue weighted by molar-refractivity contribution is 0.305. The molecule has 0 N–H and O–H groups in total. The van der Waals surface area contributed by atoms with Gasteiger partial charge in [-0.05, 0) is 43.7 Å². The van der Waals surface area contributed by atoms with E-state index in [4.69, 9.17) is 9.15 Å². The molecule has 1 aliphatic carbocycles. The van der Waals surface area contributed by atoms with Crippen LogP contribution in [-0.2, 0) is 19.4 Å². The van der Waals surface area contributed by atoms with E-state index in [0.717, 1.165) is 39.3 Å². The van der Waals surface area contributed by atoms with Gasteiger partial charge in [-0.1, -0.05) is 23.1 Å². The van der Waals surface area contributed by atoms with Crippen LogP contribution in [0.5, 0.6) is 5.75 Å². The maximum Gasteiger partial charge on any atom is 0.174 e. The third kappa shape index (κ3) is 2.61. The van der Waals surface area contributed by atoms with Crippen LogP contribution in [-0.4, -0.2) is 16.5 Å². The van der Waals surface area contributed by atoms with Crippen molar-refractivity contribution in [3.05, 3.63) is 34.5 Å². The van der Waals surface area contributed by atoms with E-state index in [1.54, 1.807) is 23.1 Å². The highest BCUT2D eigenvalue weighted by molar-refractivity contribution is 8.00. The highest BCUT2D eigenvalue weighted by Gasteiger charge is 2.18. The maximum atomic E-state index is 5.95. The predicted octanol–water partition coefficient (Wildman–Crippen LogP) is 4.46. The van der Waals surface area contributed by atoms with Gasteiger partial charge in [-0.15, -0.1) is 10.2 Å². The summed E-state index contributed by atoms with van der Waals surface area (Å²) in [6.45, 7) is 0.462. The van der Waals surface area contributed by atoms with Crippen molar-refractivity contribution >= 4 is 34.1 Å². The van der Waals surface area contributed by atoms with Gasteiger partial charge in [-0.25, -0.2) is 0 Å². The van der Waals surface area contributed by atoms with E-state index in [0.29, 0.717) is 6.61 Å². The largest absolute Gasteiger partial charge is 0.486 e. The number of ether oxygens (including phenoxy) is 1. The van der Waals surface area contributed by atoms with Gasteiger partial charge >= 0.3 is 0 Å². The first-order valence-electron chi connectivity index (χ1n) is 7.37. The van der Waals surface area contributed by atoms with Crippen molar-refractivity contribution in [1.82, 2.24) is 10.2 Å². The third-order valence-corrected chi connectivity index (χ3v) is 5.78. The molecule has 4 rings (SSSR count). The molecule has 0 aliphatic heterocycles. The van der Waals surface area contributed by atoms with Gasteiger partial charge in [-0.2, -0.15) is 0 Å². The molecule has 0 fully saturated rings. The molecule has 2 heterocycles. The third-order valence-electron chi connectivity index (χ3n) is 3.91. The Morgan fingerprint density at radius 1 is 1.27 bits per heavy atom. The zero-order valence-electron chi connectivity index (χ0n) is 12.3. The molecule has 0 unspecified atom stereocenters. The van der Waals surface area contributed by atoms with Crippen LogP contribution in [0.2, 0.25) is 0 Å². The molecular weight excluding hydrogens is 316 g/mol. The lowest BCUT2D eigenvalue weighted by atomic mass is 9.96. The van der Waals surface area contributed by atoms with Crippen molar-refractivity contribution in [2.24, 2.45) is 0 Å². The van der Waals surface area contributed by atoms with Crippen molar-refractivity contribution in [2.75, 3.05) is 6.26 Å². The SMILES string of the molecule is CSc1nnc(COc2ccc3oc4c(c3c2)CCCC4)s1. The summed E-state index contributed by atoms with van der Waals surface area (Å²) in [5.74, 6) is 2.02. The average Bonchev–Trinajstić information content (AvgIpc) is 3.16. The normalized spacial score (nSPS) is 14.2. The van der Waals surface area contributed by atoms with Gasteiger partial charge in [0.1, 0.15) is 23.7 Å². The van der Waals surface area contributed by atoms with Crippen LogP contribution in [0, 0.1) is 0 Å². The lowest BCUT2D eigenvalue weighted by Gasteiger charge is -2.09. The molecule has 0 saturated carbocycles. The van der Waals surface area contributed by atoms with Crippen LogP contribution < -0.4 is 4.74 Å². The fourth-order valence-electron chi connectivity index (χ4n) is 2.86. The van der Waals surface area contributed by atoms with Crippen LogP contribution in [0.3, 0.4) is 0 Å². The first-order valence-corrected chi connectivity index (χ1v) is 9.41. The smallest absolute Gasteiger partial charge is 0.174 e. The summed E-state index contributed by atoms with van der Waals surface area (Å²) in [6, 6.07) is 6.07. The number of benzene rings is 1. The molecule has 0 saturated heterocycles. The Balaban J connectivity index is 1.56. The summed E-state index contributed by atoms with van der Waals surface area (Å²) in [7, 11) is 0. The number of furan rings is 1. The second-order valence-electron chi connectivity index (χ2n) is 5.32. The average molecular weight is 332 g/mol. The van der Waals surface area contributed by atoms with Gasteiger partial charge in [0.05, 0.1) is 0 Å². The maximum absolute atomic E-state index is 5.95. The zero-order chi connectivity index (χ0) is 14.9. The van der Waals surface area contributed by atoms with Crippen LogP contribution >= 0.6 is 23.1 Å². The summed E-state index contributed by atoms with van der Waals surface area (Å²) in [4.78, 5) is 0. The molecule has 6 heteroatoms. The summed E-state index contributed by atoms with van der Waals surface area (Å²) in [5.41, 5.74) is 2.34. The Morgan fingerprint density at radius 2 is 2.18 bits per heavy atom. The second kappa shape index (κ2) is 5.93. The second-order valence-corrected chi connectivity index (χ2v) is 7.44. The van der Waals surface area contributed by atoms with E-state index >= 15 is 0 Å². The number of aryl methyl sites for hydroxylation is 2. The van der Waals surface area contributed by atoms with Gasteiger partial charge in [-0.3, -0.25) is 0 Å². The van der Waals surface area contributed by atoms with Crippen molar-refractivity contribution < 1.29 is 9.15 Å². The zero-order valence-corrected chi connectivity index (χ0v) is 13.9. The van der Waals surface area contributed by atoms with Gasteiger partial charge < -0.3 is 9.15 Å². The monoisotopic (exact) mass is 332 g/mol. The standard InChI is InChI=1S/C16H16N2O2S2/c1-21-16-18-17-15(22-16)9-19-10-6-7-14-12(8-10)11-4-2-3-5-13(11)20-14/h6-8H,2-5,9H2,1H3. The van der Waals surface area contributed by atoms with E-state index in [1.165, 1.54) is 23.8 Å². The van der Waals surface area contributed by atoms with Gasteiger partial charge in [0.15, 0.2) is 9.35 Å². The summed E-state index contributed by atoms with van der Waals surface area (Å²) in [6.07, 6.45) is 6.64. The number of hydrogen-bond donors (Lipinski definition) is 0. The number of fused-ring (bicyclic) bond motifs is 3. The van der Waals surface area contributed by atoms with Crippen molar-refractivity contribution in [3.8, 4) is 5.75 Å². The minimum atomic E-state index is 0.462. The predicted molar refractivity (Wildman–Crippen MR) is 88.9 cm³/mol. The van der Waals surface area contributed by atoms with Crippen LogP contribution in [0.4, 0.5) is 0 Å². The van der Waals surface area contributed by atoms with Crippen LogP contribution in [0.1, 0.15) is 29.2 Å². The lowest BCUT2D eigenvalue weighted by Crippen LogP contribution is -1.98. The highest BCUT2D eigenvalue weighted by Crippen LogP contribution is 2.34. The van der Waals surface area contributed by atoms with Gasteiger partial charge in [0, 0.05) is 17.4 Å². The first kappa shape index (κ1) is 14.1. The van der Waals surface area contributed by atoms with E-state index in [-0.39, 0.29) is 0 Å². The summed E-state index contributed by atoms with van der Waals surface area (Å²) >= 11 is 3.18. The van der Waals surface area contributed by atoms with Crippen molar-refractivity contribution in [3.63, 3.8) is 0 Å². The molecule has 0 radical (unpaired) electrons. The summed E-state index contributed by atoms with van der Waals surface area (Å²) in [5, 5.41) is 10.3. The molecule has 4 nitrogen and oxygen atoms in total. The molecule has 0 amide bonds. The van der Waals surface area contributed by atoms with Crippen molar-refractivity contribution in [2.45, 2.75) is 36.6 Å². The molecule has 0 bridgehead atoms. The fourth-order valence-corrected chi connectivity index (χ4v) is 4.08. The number of rotatable bonds is 4. The Labute approximate surface area is 136 Å². The Bertz CT molecular complexity index is 810. The minimum Gasteiger partial charge on any atom is -0.486 e. The minimum absolute atomic E-state index is 0.462. The molecular formula is C16H16N2O2S2. The molecule has 114 valence electrons. The van der Waals surface area contributed by atoms with E-state index < -0.39 is 0 Å². The van der Waals surface area contributed by atoms with E-state index in [9.17, 15) is 0 Å². The molecule has 0 atom stereocenters. The topological polar surface area (TPSA) is 48.2 Å². The van der Waals surface area contributed by atoms with E-state index in [2.05, 4.69) is 16.3 Å². The highest BCUT2D eigenvalue weighted by atomic mass is 32.2. The molecule has 1 aliphatic rings. The molecule has 1 aromatic carbocycles. The fraction of sp³-hybridized carbons (Fsp3) is 0.375. The summed E-state index contributed by atoms with van der Waals surface area (Å²) < 4.78 is 12.8. The molecule has 0 spiro atoms. The molecule has 3 aromatic rings. The van der Waals surface area contributed by atoms with E-state index in [1.807, 2.05) is 18.4 Å². The number of hydrogen-bond acceptors (Lipinski definition) is 6. The van der Waals surface area contributed by atoms with Crippen LogP contribution in [0.15, 0.2) is 27.0 Å². The number of aromatic nitrogens is 2. The quantitative estimate of drug-likeness (QED) is 0.660. The van der Waals surface area contributed by atoms with Crippen LogP contribution in [0.25, 0.3) is 11.0 Å². The first-order chi connectivity index (χ1) is 10.8. The Morgan fingerprint density at radius 3 is 3.05 bits per heavy atom.